The first-order valence-corrected chi connectivity index (χ1v) is 30.8. The van der Waals surface area contributed by atoms with Gasteiger partial charge in [-0.1, -0.05) is 192 Å². The van der Waals surface area contributed by atoms with Crippen molar-refractivity contribution in [3.63, 3.8) is 0 Å². The normalized spacial score (nSPS) is 13.5. The van der Waals surface area contributed by atoms with Gasteiger partial charge >= 0.3 is 28.0 Å². The van der Waals surface area contributed by atoms with Crippen molar-refractivity contribution in [2.24, 2.45) is 0 Å². The van der Waals surface area contributed by atoms with Crippen LogP contribution < -0.4 is 0 Å². The van der Waals surface area contributed by atoms with E-state index in [2.05, 4.69) is 192 Å². The summed E-state index contributed by atoms with van der Waals surface area (Å²) in [5.41, 5.74) is 0. The second-order valence-corrected chi connectivity index (χ2v) is 37.5. The zero-order valence-electron chi connectivity index (χ0n) is 35.5. The van der Waals surface area contributed by atoms with Crippen LogP contribution in [0.15, 0.2) is 0 Å². The van der Waals surface area contributed by atoms with Crippen molar-refractivity contribution in [1.82, 2.24) is 0 Å². The average Bonchev–Trinajstić information content (AvgIpc) is 2.69. The van der Waals surface area contributed by atoms with Crippen LogP contribution >= 0.6 is 0 Å². The summed E-state index contributed by atoms with van der Waals surface area (Å²) < 4.78 is 0. The minimum atomic E-state index is -0.221. The molecule has 0 bridgehead atoms. The van der Waals surface area contributed by atoms with Crippen LogP contribution in [0.5, 0.6) is 0 Å². The Labute approximate surface area is 311 Å². The molecule has 0 amide bonds. The Morgan fingerprint density at radius 3 is 0.279 bits per heavy atom. The van der Waals surface area contributed by atoms with E-state index in [4.69, 9.17) is 0 Å². The van der Waals surface area contributed by atoms with E-state index in [-0.39, 0.29) is 52.8 Å². The number of hydrogen-bond acceptors (Lipinski definition) is 0. The molecule has 0 aromatic carbocycles. The van der Waals surface area contributed by atoms with E-state index < -0.39 is 0 Å². The Morgan fingerprint density at radius 1 is 0.233 bits per heavy atom. The van der Waals surface area contributed by atoms with Crippen LogP contribution in [0.1, 0.15) is 166 Å². The molecule has 0 aliphatic rings. The molecule has 0 aliphatic carbocycles. The van der Waals surface area contributed by atoms with Crippen molar-refractivity contribution >= 4 is 80.8 Å². The molecule has 0 aromatic heterocycles. The van der Waals surface area contributed by atoms with Crippen molar-refractivity contribution in [3.05, 3.63) is 0 Å². The van der Waals surface area contributed by atoms with E-state index in [1.54, 1.807) is 0 Å². The monoisotopic (exact) mass is 850 g/mol. The summed E-state index contributed by atoms with van der Waals surface area (Å²) in [5, 5.41) is 4.36. The van der Waals surface area contributed by atoms with Crippen LogP contribution in [0.3, 0.4) is 0 Å². The van der Waals surface area contributed by atoms with Gasteiger partial charge in [0.15, 0.2) is 0 Å². The predicted molar refractivity (Wildman–Crippen MR) is 221 cm³/mol. The van der Waals surface area contributed by atoms with Gasteiger partial charge in [0.2, 0.25) is 0 Å². The number of rotatable bonds is 0. The number of hydrogen-bond donors (Lipinski definition) is 0. The molecule has 7 heteroatoms. The van der Waals surface area contributed by atoms with Crippen LogP contribution in [-0.4, -0.2) is 80.8 Å². The van der Waals surface area contributed by atoms with Gasteiger partial charge in [0.05, 0.1) is 35.2 Å². The van der Waals surface area contributed by atoms with Crippen molar-refractivity contribution in [2.45, 2.75) is 233 Å². The van der Waals surface area contributed by atoms with Crippen molar-refractivity contribution in [3.8, 4) is 0 Å². The summed E-state index contributed by atoms with van der Waals surface area (Å²) in [6, 6.07) is 0. The third kappa shape index (κ3) is 31.5. The van der Waals surface area contributed by atoms with Crippen LogP contribution in [0.4, 0.5) is 0 Å². The Morgan fingerprint density at radius 2 is 0.279 bits per heavy atom. The zero-order valence-corrected chi connectivity index (χ0v) is 45.8. The van der Waals surface area contributed by atoms with E-state index in [1.807, 2.05) is 28.0 Å². The van der Waals surface area contributed by atoms with Gasteiger partial charge in [-0.3, -0.25) is 0 Å². The van der Waals surface area contributed by atoms with Crippen molar-refractivity contribution in [1.29, 1.82) is 0 Å². The third-order valence-corrected chi connectivity index (χ3v) is 27.0. The van der Waals surface area contributed by atoms with Gasteiger partial charge in [-0.05, 0) is 40.3 Å². The summed E-state index contributed by atoms with van der Waals surface area (Å²) in [7, 11) is -0.883. The molecular formula is C36H84Ge3Si4. The van der Waals surface area contributed by atoms with Gasteiger partial charge in [-0.15, -0.1) is 0 Å². The molecule has 43 heavy (non-hydrogen) atoms. The maximum atomic E-state index is 2.44. The molecule has 0 rings (SSSR count). The predicted octanol–water partition coefficient (Wildman–Crippen LogP) is 13.7. The van der Waals surface area contributed by atoms with E-state index in [1.165, 1.54) is 0 Å². The average molecular weight is 847 g/mol. The summed E-state index contributed by atoms with van der Waals surface area (Å²) in [6.45, 7) is 66.2. The Kier molecular flexibility index (Phi) is 28.9. The second-order valence-electron chi connectivity index (χ2n) is 20.5. The molecule has 256 valence electrons. The maximum absolute atomic E-state index is 2.44. The third-order valence-electron chi connectivity index (χ3n) is 9.00. The van der Waals surface area contributed by atoms with Crippen molar-refractivity contribution < 1.29 is 0 Å². The summed E-state index contributed by atoms with van der Waals surface area (Å²) >= 11 is 4.00. The molecule has 0 aromatic rings. The zero-order chi connectivity index (χ0) is 36.3. The molecule has 0 unspecified atom stereocenters. The molecule has 0 saturated carbocycles. The fourth-order valence-corrected chi connectivity index (χ4v) is 13.5. The first kappa shape index (κ1) is 57.7. The van der Waals surface area contributed by atoms with Crippen LogP contribution in [0.25, 0.3) is 0 Å². The SMILES string of the molecule is C[Si](C(C)(C)C)C(C)(C)C.C[Si](C(C)(C)C)C(C)(C)C.C[Si](C(C)(C)C)C(C)(C)C.C[Si](C(C)(C)C)C(C)(C)C.[Ge].[Ge]=[Ge]. The Bertz CT molecular complexity index is 506. The standard InChI is InChI=1S/4C9H21Si.Ge2.Ge/c4*1-8(2,3)10(7)9(4,5)6;1-2;/h4*1-7H3;;. The summed E-state index contributed by atoms with van der Waals surface area (Å²) in [4.78, 5) is 0. The van der Waals surface area contributed by atoms with Gasteiger partial charge in [-0.2, -0.15) is 0 Å². The van der Waals surface area contributed by atoms with E-state index in [0.29, 0.717) is 40.3 Å². The molecule has 0 aliphatic heterocycles. The fraction of sp³-hybridized carbons (Fsp3) is 1.00. The van der Waals surface area contributed by atoms with E-state index >= 15 is 0 Å². The molecule has 0 spiro atoms. The molecule has 12 radical (unpaired) electrons. The fourth-order valence-electron chi connectivity index (χ4n) is 4.50. The van der Waals surface area contributed by atoms with Gasteiger partial charge in [0.1, 0.15) is 0 Å². The topological polar surface area (TPSA) is 0 Å². The quantitative estimate of drug-likeness (QED) is 0.213. The summed E-state index contributed by atoms with van der Waals surface area (Å²) in [6.07, 6.45) is 0. The Balaban J connectivity index is -0.000000103. The van der Waals surface area contributed by atoms with Gasteiger partial charge in [0, 0.05) is 17.6 Å². The molecule has 0 heterocycles. The van der Waals surface area contributed by atoms with Crippen LogP contribution in [-0.2, 0) is 0 Å². The first-order valence-electron chi connectivity index (χ1n) is 16.2. The van der Waals surface area contributed by atoms with E-state index in [0.717, 1.165) is 0 Å². The molecule has 0 atom stereocenters. The van der Waals surface area contributed by atoms with Crippen LogP contribution in [0, 0.1) is 0 Å². The van der Waals surface area contributed by atoms with Crippen molar-refractivity contribution in [2.75, 3.05) is 0 Å². The molecule has 0 N–H and O–H groups in total. The van der Waals surface area contributed by atoms with E-state index in [9.17, 15) is 0 Å². The van der Waals surface area contributed by atoms with Gasteiger partial charge in [-0.25, -0.2) is 0 Å². The van der Waals surface area contributed by atoms with Gasteiger partial charge < -0.3 is 0 Å². The first-order chi connectivity index (χ1) is 17.6. The molecule has 0 fully saturated rings. The summed E-state index contributed by atoms with van der Waals surface area (Å²) in [5.74, 6) is 0. The second kappa shape index (κ2) is 21.6. The molecule has 0 saturated heterocycles. The molecule has 0 nitrogen and oxygen atoms in total. The Hall–Kier alpha value is 2.50. The minimum absolute atomic E-state index is 0. The van der Waals surface area contributed by atoms with Crippen LogP contribution in [0.2, 0.25) is 66.5 Å². The van der Waals surface area contributed by atoms with Gasteiger partial charge in [0.25, 0.3) is 0 Å². The molecular weight excluding hydrogens is 763 g/mol.